The van der Waals surface area contributed by atoms with Crippen molar-refractivity contribution < 1.29 is 14.3 Å². The van der Waals surface area contributed by atoms with Crippen molar-refractivity contribution in [2.24, 2.45) is 0 Å². The molecule has 0 atom stereocenters. The summed E-state index contributed by atoms with van der Waals surface area (Å²) < 4.78 is 10.4. The number of rotatable bonds is 8. The van der Waals surface area contributed by atoms with Gasteiger partial charge in [-0.15, -0.1) is 0 Å². The van der Waals surface area contributed by atoms with E-state index >= 15 is 0 Å². The maximum Gasteiger partial charge on any atom is 0.274 e. The van der Waals surface area contributed by atoms with Gasteiger partial charge in [0.1, 0.15) is 17.2 Å². The minimum atomic E-state index is -0.397. The fraction of sp³-hybridized carbons (Fsp3) is 0.353. The number of nitrogens with zero attached hydrogens (tertiary/aromatic N) is 3. The maximum absolute atomic E-state index is 12.5. The van der Waals surface area contributed by atoms with Gasteiger partial charge in [-0.3, -0.25) is 4.79 Å². The zero-order chi connectivity index (χ0) is 19.1. The van der Waals surface area contributed by atoms with Crippen LogP contribution in [0.2, 0.25) is 5.02 Å². The Morgan fingerprint density at radius 1 is 1.23 bits per heavy atom. The molecule has 140 valence electrons. The third-order valence-electron chi connectivity index (χ3n) is 3.45. The lowest BCUT2D eigenvalue weighted by Gasteiger charge is -2.13. The molecule has 9 heteroatoms. The lowest BCUT2D eigenvalue weighted by molar-refractivity contribution is 0.102. The minimum absolute atomic E-state index is 0.225. The molecule has 1 aromatic carbocycles. The SMILES string of the molecule is COc1cc(NC(=O)c2ccnc(NCCN(C)C)n2)c(OC)cc1Cl. The first-order valence-electron chi connectivity index (χ1n) is 7.89. The molecule has 2 aromatic rings. The average molecular weight is 380 g/mol. The normalized spacial score (nSPS) is 10.5. The standard InChI is InChI=1S/C17H22ClN5O3/c1-23(2)8-7-20-17-19-6-5-12(22-17)16(24)21-13-10-14(25-3)11(18)9-15(13)26-4/h5-6,9-10H,7-8H2,1-4H3,(H,21,24)(H,19,20,22). The van der Waals surface area contributed by atoms with Crippen LogP contribution in [0.25, 0.3) is 0 Å². The van der Waals surface area contributed by atoms with E-state index in [2.05, 4.69) is 20.6 Å². The smallest absolute Gasteiger partial charge is 0.274 e. The predicted octanol–water partition coefficient (Wildman–Crippen LogP) is 2.37. The van der Waals surface area contributed by atoms with Crippen molar-refractivity contribution >= 4 is 29.1 Å². The number of hydrogen-bond donors (Lipinski definition) is 2. The van der Waals surface area contributed by atoms with E-state index in [1.165, 1.54) is 26.5 Å². The van der Waals surface area contributed by atoms with Crippen molar-refractivity contribution in [3.05, 3.63) is 35.1 Å². The van der Waals surface area contributed by atoms with E-state index in [1.807, 2.05) is 19.0 Å². The fourth-order valence-electron chi connectivity index (χ4n) is 2.11. The molecule has 0 aliphatic rings. The van der Waals surface area contributed by atoms with Gasteiger partial charge in [-0.1, -0.05) is 11.6 Å². The van der Waals surface area contributed by atoms with Crippen LogP contribution < -0.4 is 20.1 Å². The molecule has 0 saturated carbocycles. The first-order chi connectivity index (χ1) is 12.4. The van der Waals surface area contributed by atoms with Crippen molar-refractivity contribution in [1.29, 1.82) is 0 Å². The summed E-state index contributed by atoms with van der Waals surface area (Å²) in [6.45, 7) is 1.49. The summed E-state index contributed by atoms with van der Waals surface area (Å²) in [6.07, 6.45) is 1.53. The number of carbonyl (C=O) groups excluding carboxylic acids is 1. The number of likely N-dealkylation sites (N-methyl/N-ethyl adjacent to an activating group) is 1. The van der Waals surface area contributed by atoms with Crippen LogP contribution in [-0.2, 0) is 0 Å². The number of benzene rings is 1. The summed E-state index contributed by atoms with van der Waals surface area (Å²) in [4.78, 5) is 22.9. The Bertz CT molecular complexity index is 770. The summed E-state index contributed by atoms with van der Waals surface area (Å²) in [5, 5.41) is 6.22. The molecule has 2 N–H and O–H groups in total. The molecular weight excluding hydrogens is 358 g/mol. The second-order valence-corrected chi connectivity index (χ2v) is 6.04. The molecule has 0 aliphatic heterocycles. The maximum atomic E-state index is 12.5. The van der Waals surface area contributed by atoms with Crippen LogP contribution in [0, 0.1) is 0 Å². The van der Waals surface area contributed by atoms with Crippen LogP contribution in [-0.4, -0.2) is 62.2 Å². The van der Waals surface area contributed by atoms with E-state index in [4.69, 9.17) is 21.1 Å². The highest BCUT2D eigenvalue weighted by Crippen LogP contribution is 2.36. The van der Waals surface area contributed by atoms with E-state index in [9.17, 15) is 4.79 Å². The summed E-state index contributed by atoms with van der Waals surface area (Å²) in [5.74, 6) is 0.838. The highest BCUT2D eigenvalue weighted by atomic mass is 35.5. The molecule has 26 heavy (non-hydrogen) atoms. The molecule has 8 nitrogen and oxygen atoms in total. The van der Waals surface area contributed by atoms with E-state index in [-0.39, 0.29) is 5.69 Å². The summed E-state index contributed by atoms with van der Waals surface area (Å²) in [6, 6.07) is 4.70. The highest BCUT2D eigenvalue weighted by molar-refractivity contribution is 6.32. The molecule has 0 bridgehead atoms. The zero-order valence-electron chi connectivity index (χ0n) is 15.2. The highest BCUT2D eigenvalue weighted by Gasteiger charge is 2.15. The Hall–Kier alpha value is -2.58. The van der Waals surface area contributed by atoms with Crippen LogP contribution in [0.1, 0.15) is 10.5 Å². The summed E-state index contributed by atoms with van der Waals surface area (Å²) in [5.41, 5.74) is 0.655. The van der Waals surface area contributed by atoms with Crippen molar-refractivity contribution in [3.63, 3.8) is 0 Å². The number of anilines is 2. The van der Waals surface area contributed by atoms with Gasteiger partial charge in [-0.25, -0.2) is 9.97 Å². The minimum Gasteiger partial charge on any atom is -0.495 e. The predicted molar refractivity (Wildman–Crippen MR) is 102 cm³/mol. The number of hydrogen-bond acceptors (Lipinski definition) is 7. The van der Waals surface area contributed by atoms with Gasteiger partial charge >= 0.3 is 0 Å². The van der Waals surface area contributed by atoms with Gasteiger partial charge in [0.15, 0.2) is 0 Å². The fourth-order valence-corrected chi connectivity index (χ4v) is 2.34. The van der Waals surface area contributed by atoms with Crippen LogP contribution >= 0.6 is 11.6 Å². The number of nitrogens with one attached hydrogen (secondary N) is 2. The van der Waals surface area contributed by atoms with Crippen LogP contribution in [0.15, 0.2) is 24.4 Å². The molecule has 0 unspecified atom stereocenters. The molecule has 1 amide bonds. The third-order valence-corrected chi connectivity index (χ3v) is 3.75. The van der Waals surface area contributed by atoms with Crippen LogP contribution in [0.4, 0.5) is 11.6 Å². The summed E-state index contributed by atoms with van der Waals surface area (Å²) in [7, 11) is 6.93. The molecule has 0 fully saturated rings. The number of carbonyl (C=O) groups is 1. The van der Waals surface area contributed by atoms with Gasteiger partial charge in [0.2, 0.25) is 5.95 Å². The van der Waals surface area contributed by atoms with Crippen molar-refractivity contribution in [2.45, 2.75) is 0 Å². The van der Waals surface area contributed by atoms with Crippen LogP contribution in [0.5, 0.6) is 11.5 Å². The number of aromatic nitrogens is 2. The Labute approximate surface area is 157 Å². The van der Waals surface area contributed by atoms with Gasteiger partial charge in [-0.05, 0) is 20.2 Å². The number of halogens is 1. The molecule has 0 spiro atoms. The second-order valence-electron chi connectivity index (χ2n) is 5.64. The Kier molecular flexibility index (Phi) is 6.99. The molecule has 1 aromatic heterocycles. The molecule has 0 aliphatic carbocycles. The van der Waals surface area contributed by atoms with Crippen LogP contribution in [0.3, 0.4) is 0 Å². The molecule has 1 heterocycles. The number of amides is 1. The Morgan fingerprint density at radius 3 is 2.62 bits per heavy atom. The quantitative estimate of drug-likeness (QED) is 0.727. The first kappa shape index (κ1) is 19.7. The number of ether oxygens (including phenoxy) is 2. The lowest BCUT2D eigenvalue weighted by atomic mass is 10.2. The van der Waals surface area contributed by atoms with Crippen molar-refractivity contribution in [2.75, 3.05) is 52.0 Å². The first-order valence-corrected chi connectivity index (χ1v) is 8.27. The molecule has 0 saturated heterocycles. The molecule has 2 rings (SSSR count). The lowest BCUT2D eigenvalue weighted by Crippen LogP contribution is -2.22. The Balaban J connectivity index is 2.15. The van der Waals surface area contributed by atoms with Crippen molar-refractivity contribution in [3.8, 4) is 11.5 Å². The van der Waals surface area contributed by atoms with Gasteiger partial charge in [0.25, 0.3) is 5.91 Å². The van der Waals surface area contributed by atoms with Gasteiger partial charge in [0, 0.05) is 31.4 Å². The Morgan fingerprint density at radius 2 is 1.96 bits per heavy atom. The second kappa shape index (κ2) is 9.21. The average Bonchev–Trinajstić information content (AvgIpc) is 2.62. The largest absolute Gasteiger partial charge is 0.495 e. The van der Waals surface area contributed by atoms with E-state index in [0.29, 0.717) is 34.7 Å². The van der Waals surface area contributed by atoms with Gasteiger partial charge in [-0.2, -0.15) is 0 Å². The topological polar surface area (TPSA) is 88.6 Å². The molecule has 0 radical (unpaired) electrons. The van der Waals surface area contributed by atoms with E-state index in [1.54, 1.807) is 12.1 Å². The van der Waals surface area contributed by atoms with Crippen molar-refractivity contribution in [1.82, 2.24) is 14.9 Å². The molecular formula is C17H22ClN5O3. The monoisotopic (exact) mass is 379 g/mol. The van der Waals surface area contributed by atoms with Gasteiger partial charge in [0.05, 0.1) is 24.9 Å². The summed E-state index contributed by atoms with van der Waals surface area (Å²) >= 11 is 6.08. The number of methoxy groups -OCH3 is 2. The zero-order valence-corrected chi connectivity index (χ0v) is 15.9. The van der Waals surface area contributed by atoms with Gasteiger partial charge < -0.3 is 25.0 Å². The van der Waals surface area contributed by atoms with E-state index < -0.39 is 5.91 Å². The van der Waals surface area contributed by atoms with E-state index in [0.717, 1.165) is 6.54 Å². The third kappa shape index (κ3) is 5.21.